The molecule has 2 rings (SSSR count). The highest BCUT2D eigenvalue weighted by molar-refractivity contribution is 6.32. The molecule has 3 nitrogen and oxygen atoms in total. The molecule has 0 aliphatic rings. The Morgan fingerprint density at radius 3 is 2.55 bits per heavy atom. The molecule has 0 unspecified atom stereocenters. The number of rotatable bonds is 4. The lowest BCUT2D eigenvalue weighted by atomic mass is 10.2. The highest BCUT2D eigenvalue weighted by Gasteiger charge is 2.16. The van der Waals surface area contributed by atoms with E-state index in [1.165, 1.54) is 0 Å². The minimum atomic E-state index is -0.640. The first kappa shape index (κ1) is 16.7. The lowest BCUT2D eigenvalue weighted by Crippen LogP contribution is -2.30. The van der Waals surface area contributed by atoms with E-state index in [4.69, 9.17) is 27.9 Å². The van der Waals surface area contributed by atoms with Crippen LogP contribution in [0.15, 0.2) is 36.4 Å². The van der Waals surface area contributed by atoms with Crippen LogP contribution in [0.5, 0.6) is 5.75 Å². The van der Waals surface area contributed by atoms with Gasteiger partial charge in [0.05, 0.1) is 0 Å². The average molecular weight is 338 g/mol. The second kappa shape index (κ2) is 7.03. The fraction of sp³-hybridized carbons (Fsp3) is 0.235. The summed E-state index contributed by atoms with van der Waals surface area (Å²) in [5.74, 6) is 0.366. The summed E-state index contributed by atoms with van der Waals surface area (Å²) in [6.45, 7) is 5.43. The van der Waals surface area contributed by atoms with Gasteiger partial charge in [0.25, 0.3) is 5.91 Å². The minimum Gasteiger partial charge on any atom is -0.481 e. The van der Waals surface area contributed by atoms with Gasteiger partial charge in [-0.1, -0.05) is 29.3 Å². The summed E-state index contributed by atoms with van der Waals surface area (Å²) >= 11 is 12.0. The number of anilines is 1. The zero-order chi connectivity index (χ0) is 16.3. The van der Waals surface area contributed by atoms with Gasteiger partial charge in [0.15, 0.2) is 6.10 Å². The van der Waals surface area contributed by atoms with Crippen molar-refractivity contribution in [1.82, 2.24) is 0 Å². The normalized spacial score (nSPS) is 11.9. The number of hydrogen-bond acceptors (Lipinski definition) is 2. The van der Waals surface area contributed by atoms with Crippen molar-refractivity contribution in [1.29, 1.82) is 0 Å². The van der Waals surface area contributed by atoms with Crippen LogP contribution in [0.2, 0.25) is 10.0 Å². The van der Waals surface area contributed by atoms with Crippen LogP contribution in [-0.4, -0.2) is 12.0 Å². The Morgan fingerprint density at radius 2 is 1.86 bits per heavy atom. The molecule has 5 heteroatoms. The van der Waals surface area contributed by atoms with Gasteiger partial charge in [-0.2, -0.15) is 0 Å². The van der Waals surface area contributed by atoms with E-state index in [2.05, 4.69) is 5.32 Å². The molecule has 0 aliphatic carbocycles. The predicted molar refractivity (Wildman–Crippen MR) is 91.1 cm³/mol. The maximum absolute atomic E-state index is 12.2. The Bertz CT molecular complexity index is 701. The van der Waals surface area contributed by atoms with Crippen LogP contribution in [0.1, 0.15) is 18.1 Å². The first-order chi connectivity index (χ1) is 10.4. The number of hydrogen-bond donors (Lipinski definition) is 1. The highest BCUT2D eigenvalue weighted by Crippen LogP contribution is 2.24. The van der Waals surface area contributed by atoms with E-state index >= 15 is 0 Å². The molecule has 0 fully saturated rings. The molecule has 116 valence electrons. The van der Waals surface area contributed by atoms with Gasteiger partial charge in [0.1, 0.15) is 5.75 Å². The molecule has 0 bridgehead atoms. The Balaban J connectivity index is 2.06. The van der Waals surface area contributed by atoms with Crippen molar-refractivity contribution in [2.24, 2.45) is 0 Å². The maximum atomic E-state index is 12.2. The molecule has 0 aliphatic heterocycles. The molecular formula is C17H17Cl2NO2. The average Bonchev–Trinajstić information content (AvgIpc) is 2.47. The lowest BCUT2D eigenvalue weighted by molar-refractivity contribution is -0.122. The molecule has 22 heavy (non-hydrogen) atoms. The zero-order valence-electron chi connectivity index (χ0n) is 12.6. The maximum Gasteiger partial charge on any atom is 0.265 e. The van der Waals surface area contributed by atoms with E-state index in [1.54, 1.807) is 43.3 Å². The molecule has 1 amide bonds. The summed E-state index contributed by atoms with van der Waals surface area (Å²) in [6, 6.07) is 10.7. The van der Waals surface area contributed by atoms with Gasteiger partial charge in [-0.25, -0.2) is 0 Å². The second-order valence-corrected chi connectivity index (χ2v) is 5.89. The molecule has 0 saturated carbocycles. The van der Waals surface area contributed by atoms with Crippen molar-refractivity contribution in [2.75, 3.05) is 5.32 Å². The molecule has 0 aromatic heterocycles. The Hall–Kier alpha value is -1.71. The van der Waals surface area contributed by atoms with Gasteiger partial charge in [-0.3, -0.25) is 4.79 Å². The Labute approximate surface area is 140 Å². The van der Waals surface area contributed by atoms with Crippen molar-refractivity contribution >= 4 is 34.8 Å². The molecule has 0 spiro atoms. The largest absolute Gasteiger partial charge is 0.481 e. The van der Waals surface area contributed by atoms with Crippen molar-refractivity contribution in [3.05, 3.63) is 57.6 Å². The standard InChI is InChI=1S/C17H17Cl2NO2/c1-10-9-13(7-8-14(10)18)22-12(3)17(21)20-16-6-4-5-15(19)11(16)2/h4-9,12H,1-3H3,(H,20,21)/t12-/m1/s1. The summed E-state index contributed by atoms with van der Waals surface area (Å²) in [4.78, 5) is 12.2. The predicted octanol–water partition coefficient (Wildman–Crippen LogP) is 5.02. The Kier molecular flexibility index (Phi) is 5.33. The van der Waals surface area contributed by atoms with Crippen LogP contribution >= 0.6 is 23.2 Å². The molecular weight excluding hydrogens is 321 g/mol. The third-order valence-corrected chi connectivity index (χ3v) is 4.17. The first-order valence-corrected chi connectivity index (χ1v) is 7.63. The topological polar surface area (TPSA) is 38.3 Å². The quantitative estimate of drug-likeness (QED) is 0.850. The number of halogens is 2. The van der Waals surface area contributed by atoms with Crippen LogP contribution in [0.25, 0.3) is 0 Å². The summed E-state index contributed by atoms with van der Waals surface area (Å²) in [6.07, 6.45) is -0.640. The molecule has 1 N–H and O–H groups in total. The molecule has 0 saturated heterocycles. The molecule has 2 aromatic carbocycles. The molecule has 2 aromatic rings. The molecule has 1 atom stereocenters. The smallest absolute Gasteiger partial charge is 0.265 e. The van der Waals surface area contributed by atoms with E-state index in [1.807, 2.05) is 13.8 Å². The van der Waals surface area contributed by atoms with Crippen molar-refractivity contribution in [3.63, 3.8) is 0 Å². The summed E-state index contributed by atoms with van der Waals surface area (Å²) in [5.41, 5.74) is 2.41. The van der Waals surface area contributed by atoms with E-state index in [0.29, 0.717) is 21.5 Å². The summed E-state index contributed by atoms with van der Waals surface area (Å²) in [7, 11) is 0. The summed E-state index contributed by atoms with van der Waals surface area (Å²) in [5, 5.41) is 4.10. The van der Waals surface area contributed by atoms with Crippen LogP contribution in [0.3, 0.4) is 0 Å². The number of carbonyl (C=O) groups is 1. The van der Waals surface area contributed by atoms with Gasteiger partial charge in [-0.05, 0) is 62.2 Å². The first-order valence-electron chi connectivity index (χ1n) is 6.87. The van der Waals surface area contributed by atoms with E-state index in [-0.39, 0.29) is 5.91 Å². The van der Waals surface area contributed by atoms with Crippen LogP contribution in [0, 0.1) is 13.8 Å². The van der Waals surface area contributed by atoms with E-state index in [0.717, 1.165) is 11.1 Å². The second-order valence-electron chi connectivity index (χ2n) is 5.07. The van der Waals surface area contributed by atoms with Crippen molar-refractivity contribution in [2.45, 2.75) is 26.9 Å². The van der Waals surface area contributed by atoms with Gasteiger partial charge >= 0.3 is 0 Å². The highest BCUT2D eigenvalue weighted by atomic mass is 35.5. The van der Waals surface area contributed by atoms with Crippen LogP contribution < -0.4 is 10.1 Å². The Morgan fingerprint density at radius 1 is 1.14 bits per heavy atom. The van der Waals surface area contributed by atoms with Gasteiger partial charge in [0, 0.05) is 15.7 Å². The lowest BCUT2D eigenvalue weighted by Gasteiger charge is -2.16. The van der Waals surface area contributed by atoms with E-state index < -0.39 is 6.10 Å². The number of amides is 1. The number of benzene rings is 2. The van der Waals surface area contributed by atoms with Gasteiger partial charge in [0.2, 0.25) is 0 Å². The SMILES string of the molecule is Cc1cc(O[C@H](C)C(=O)Nc2cccc(Cl)c2C)ccc1Cl. The van der Waals surface area contributed by atoms with Crippen LogP contribution in [0.4, 0.5) is 5.69 Å². The van der Waals surface area contributed by atoms with Gasteiger partial charge in [-0.15, -0.1) is 0 Å². The third-order valence-electron chi connectivity index (χ3n) is 3.34. The molecule has 0 radical (unpaired) electrons. The van der Waals surface area contributed by atoms with Gasteiger partial charge < -0.3 is 10.1 Å². The number of carbonyl (C=O) groups excluding carboxylic acids is 1. The fourth-order valence-corrected chi connectivity index (χ4v) is 2.22. The van der Waals surface area contributed by atoms with Crippen molar-refractivity contribution in [3.8, 4) is 5.75 Å². The zero-order valence-corrected chi connectivity index (χ0v) is 14.1. The van der Waals surface area contributed by atoms with Crippen molar-refractivity contribution < 1.29 is 9.53 Å². The van der Waals surface area contributed by atoms with Crippen LogP contribution in [-0.2, 0) is 4.79 Å². The van der Waals surface area contributed by atoms with E-state index in [9.17, 15) is 4.79 Å². The number of aryl methyl sites for hydroxylation is 1. The number of ether oxygens (including phenoxy) is 1. The minimum absolute atomic E-state index is 0.238. The third kappa shape index (κ3) is 3.93. The molecule has 0 heterocycles. The summed E-state index contributed by atoms with van der Waals surface area (Å²) < 4.78 is 5.65. The fourth-order valence-electron chi connectivity index (χ4n) is 1.93. The monoisotopic (exact) mass is 337 g/mol. The number of nitrogens with one attached hydrogen (secondary N) is 1.